The van der Waals surface area contributed by atoms with Gasteiger partial charge in [0.25, 0.3) is 0 Å². The van der Waals surface area contributed by atoms with Gasteiger partial charge in [-0.25, -0.2) is 4.79 Å². The van der Waals surface area contributed by atoms with Crippen molar-refractivity contribution in [2.24, 2.45) is 0 Å². The van der Waals surface area contributed by atoms with Crippen LogP contribution in [0.2, 0.25) is 0 Å². The Balaban J connectivity index is 2.01. The van der Waals surface area contributed by atoms with Crippen LogP contribution < -0.4 is 14.3 Å². The van der Waals surface area contributed by atoms with Crippen LogP contribution in [0, 0.1) is 0 Å². The molecule has 0 unspecified atom stereocenters. The second-order valence-corrected chi connectivity index (χ2v) is 7.91. The molecule has 0 aromatic carbocycles. The lowest BCUT2D eigenvalue weighted by Gasteiger charge is -2.23. The standard InChI is InChI=1S/C19H32N6O2S/c1-7-16-11-17(18(8-2)27-16)21-19(26)22-28-25(10-9-23(5)6)15-12-20-24(13-15)14(3)4/h11-14H,7-10H2,1-6H3,(H2,21,22,26). The van der Waals surface area contributed by atoms with Gasteiger partial charge in [-0.2, -0.15) is 5.10 Å². The summed E-state index contributed by atoms with van der Waals surface area (Å²) in [5.74, 6) is 1.66. The summed E-state index contributed by atoms with van der Waals surface area (Å²) in [6, 6.07) is 1.89. The molecule has 8 nitrogen and oxygen atoms in total. The quantitative estimate of drug-likeness (QED) is 0.580. The van der Waals surface area contributed by atoms with E-state index in [1.54, 1.807) is 0 Å². The summed E-state index contributed by atoms with van der Waals surface area (Å²) in [6.07, 6.45) is 5.34. The van der Waals surface area contributed by atoms with Crippen molar-refractivity contribution >= 4 is 29.5 Å². The molecule has 0 aliphatic rings. The molecule has 0 atom stereocenters. The smallest absolute Gasteiger partial charge is 0.330 e. The van der Waals surface area contributed by atoms with Gasteiger partial charge in [0.1, 0.15) is 11.5 Å². The number of amides is 2. The molecule has 0 aliphatic heterocycles. The maximum atomic E-state index is 12.4. The van der Waals surface area contributed by atoms with Gasteiger partial charge in [-0.15, -0.1) is 0 Å². The van der Waals surface area contributed by atoms with E-state index in [0.717, 1.165) is 48.8 Å². The average Bonchev–Trinajstić information content (AvgIpc) is 3.28. The minimum atomic E-state index is -0.283. The Labute approximate surface area is 171 Å². The molecule has 0 bridgehead atoms. The van der Waals surface area contributed by atoms with E-state index >= 15 is 0 Å². The number of nitrogens with one attached hydrogen (secondary N) is 2. The van der Waals surface area contributed by atoms with Crippen molar-refractivity contribution in [3.8, 4) is 0 Å². The average molecular weight is 409 g/mol. The number of hydrogen-bond acceptors (Lipinski definition) is 6. The van der Waals surface area contributed by atoms with Crippen molar-refractivity contribution < 1.29 is 9.21 Å². The minimum Gasteiger partial charge on any atom is -0.464 e. The summed E-state index contributed by atoms with van der Waals surface area (Å²) < 4.78 is 12.5. The summed E-state index contributed by atoms with van der Waals surface area (Å²) in [4.78, 5) is 14.5. The van der Waals surface area contributed by atoms with Crippen LogP contribution in [0.5, 0.6) is 0 Å². The fourth-order valence-corrected chi connectivity index (χ4v) is 3.15. The van der Waals surface area contributed by atoms with Crippen molar-refractivity contribution in [3.63, 3.8) is 0 Å². The minimum absolute atomic E-state index is 0.283. The van der Waals surface area contributed by atoms with E-state index in [1.165, 1.54) is 12.1 Å². The van der Waals surface area contributed by atoms with Crippen LogP contribution in [0.25, 0.3) is 0 Å². The third kappa shape index (κ3) is 6.20. The van der Waals surface area contributed by atoms with Crippen LogP contribution >= 0.6 is 12.1 Å². The fraction of sp³-hybridized carbons (Fsp3) is 0.579. The summed E-state index contributed by atoms with van der Waals surface area (Å²) >= 11 is 1.26. The van der Waals surface area contributed by atoms with Crippen molar-refractivity contribution in [2.75, 3.05) is 36.8 Å². The predicted molar refractivity (Wildman–Crippen MR) is 116 cm³/mol. The lowest BCUT2D eigenvalue weighted by molar-refractivity contribution is 0.257. The Hall–Kier alpha value is -2.13. The first kappa shape index (κ1) is 22.2. The van der Waals surface area contributed by atoms with Crippen molar-refractivity contribution in [2.45, 2.75) is 46.6 Å². The summed E-state index contributed by atoms with van der Waals surface area (Å²) in [6.45, 7) is 9.79. The summed E-state index contributed by atoms with van der Waals surface area (Å²) in [7, 11) is 4.05. The first-order valence-electron chi connectivity index (χ1n) is 9.65. The predicted octanol–water partition coefficient (Wildman–Crippen LogP) is 3.93. The molecule has 2 N–H and O–H groups in total. The molecule has 0 radical (unpaired) electrons. The molecule has 9 heteroatoms. The Morgan fingerprint density at radius 3 is 2.61 bits per heavy atom. The van der Waals surface area contributed by atoms with Crippen LogP contribution in [0.15, 0.2) is 22.9 Å². The largest absolute Gasteiger partial charge is 0.464 e. The van der Waals surface area contributed by atoms with Gasteiger partial charge in [0.2, 0.25) is 0 Å². The number of aromatic nitrogens is 2. The van der Waals surface area contributed by atoms with Gasteiger partial charge in [-0.3, -0.25) is 13.7 Å². The van der Waals surface area contributed by atoms with Gasteiger partial charge in [0, 0.05) is 44.2 Å². The van der Waals surface area contributed by atoms with Gasteiger partial charge in [-0.1, -0.05) is 13.8 Å². The second-order valence-electron chi connectivity index (χ2n) is 7.08. The molecule has 0 spiro atoms. The number of hydrogen-bond donors (Lipinski definition) is 2. The molecular weight excluding hydrogens is 376 g/mol. The highest BCUT2D eigenvalue weighted by atomic mass is 32.2. The van der Waals surface area contributed by atoms with Crippen LogP contribution in [-0.4, -0.2) is 47.9 Å². The van der Waals surface area contributed by atoms with Crippen LogP contribution in [0.4, 0.5) is 16.2 Å². The Morgan fingerprint density at radius 2 is 2.04 bits per heavy atom. The monoisotopic (exact) mass is 408 g/mol. The molecule has 0 saturated heterocycles. The Kier molecular flexibility index (Phi) is 8.25. The van der Waals surface area contributed by atoms with Crippen LogP contribution in [-0.2, 0) is 12.8 Å². The maximum Gasteiger partial charge on any atom is 0.330 e. The Bertz CT molecular complexity index is 755. The number of furan rings is 1. The molecule has 0 fully saturated rings. The fourth-order valence-electron chi connectivity index (χ4n) is 2.53. The third-order valence-corrected chi connectivity index (χ3v) is 5.07. The van der Waals surface area contributed by atoms with Gasteiger partial charge < -0.3 is 14.6 Å². The Morgan fingerprint density at radius 1 is 1.29 bits per heavy atom. The van der Waals surface area contributed by atoms with E-state index in [1.807, 2.05) is 55.4 Å². The normalized spacial score (nSPS) is 11.3. The molecule has 28 heavy (non-hydrogen) atoms. The topological polar surface area (TPSA) is 78.6 Å². The number of rotatable bonds is 10. The van der Waals surface area contributed by atoms with Crippen molar-refractivity contribution in [3.05, 3.63) is 30.0 Å². The molecule has 2 aromatic heterocycles. The summed E-state index contributed by atoms with van der Waals surface area (Å²) in [5.41, 5.74) is 1.68. The number of nitrogens with zero attached hydrogens (tertiary/aromatic N) is 4. The zero-order valence-electron chi connectivity index (χ0n) is 17.7. The van der Waals surface area contributed by atoms with Gasteiger partial charge in [0.15, 0.2) is 0 Å². The SMILES string of the molecule is CCc1cc(NC(=O)NSN(CCN(C)C)c2cnn(C(C)C)c2)c(CC)o1. The van der Waals surface area contributed by atoms with E-state index in [9.17, 15) is 4.79 Å². The zero-order chi connectivity index (χ0) is 20.7. The number of likely N-dealkylation sites (N-methyl/N-ethyl adjacent to an activating group) is 1. The first-order valence-corrected chi connectivity index (χ1v) is 10.4. The van der Waals surface area contributed by atoms with Gasteiger partial charge in [-0.05, 0) is 27.9 Å². The number of anilines is 2. The summed E-state index contributed by atoms with van der Waals surface area (Å²) in [5, 5.41) is 7.29. The molecule has 2 heterocycles. The highest BCUT2D eigenvalue weighted by Gasteiger charge is 2.15. The molecular formula is C19H32N6O2S. The lowest BCUT2D eigenvalue weighted by Crippen LogP contribution is -2.32. The second kappa shape index (κ2) is 10.4. The number of urea groups is 1. The number of carbonyl (C=O) groups excluding carboxylic acids is 1. The number of carbonyl (C=O) groups is 1. The van der Waals surface area contributed by atoms with E-state index in [0.29, 0.717) is 0 Å². The molecule has 0 aliphatic carbocycles. The van der Waals surface area contributed by atoms with E-state index in [4.69, 9.17) is 4.42 Å². The van der Waals surface area contributed by atoms with Gasteiger partial charge >= 0.3 is 6.03 Å². The molecule has 0 saturated carbocycles. The first-order chi connectivity index (χ1) is 13.3. The third-order valence-electron chi connectivity index (χ3n) is 4.18. The molecule has 2 aromatic rings. The van der Waals surface area contributed by atoms with Crippen molar-refractivity contribution in [1.29, 1.82) is 0 Å². The molecule has 2 rings (SSSR count). The van der Waals surface area contributed by atoms with E-state index in [-0.39, 0.29) is 12.1 Å². The van der Waals surface area contributed by atoms with E-state index in [2.05, 4.69) is 33.9 Å². The maximum absolute atomic E-state index is 12.4. The van der Waals surface area contributed by atoms with Crippen molar-refractivity contribution in [1.82, 2.24) is 19.4 Å². The van der Waals surface area contributed by atoms with Crippen LogP contribution in [0.3, 0.4) is 0 Å². The zero-order valence-corrected chi connectivity index (χ0v) is 18.5. The van der Waals surface area contributed by atoms with Crippen LogP contribution in [0.1, 0.15) is 45.3 Å². The number of aryl methyl sites for hydroxylation is 2. The molecule has 156 valence electrons. The highest BCUT2D eigenvalue weighted by molar-refractivity contribution is 7.99. The molecule has 2 amide bonds. The lowest BCUT2D eigenvalue weighted by atomic mass is 10.3. The van der Waals surface area contributed by atoms with E-state index < -0.39 is 0 Å². The van der Waals surface area contributed by atoms with Gasteiger partial charge in [0.05, 0.1) is 29.7 Å². The highest BCUT2D eigenvalue weighted by Crippen LogP contribution is 2.24.